The second kappa shape index (κ2) is 8.54. The van der Waals surface area contributed by atoms with Crippen molar-refractivity contribution in [1.82, 2.24) is 10.6 Å². The second-order valence-electron chi connectivity index (χ2n) is 5.85. The molecule has 2 N–H and O–H groups in total. The fourth-order valence-corrected chi connectivity index (χ4v) is 3.04. The molecule has 19 heavy (non-hydrogen) atoms. The minimum Gasteiger partial charge on any atom is -0.381 e. The third-order valence-corrected chi connectivity index (χ3v) is 4.24. The van der Waals surface area contributed by atoms with Crippen LogP contribution in [0.5, 0.6) is 0 Å². The molecule has 4 nitrogen and oxygen atoms in total. The van der Waals surface area contributed by atoms with E-state index in [9.17, 15) is 4.79 Å². The van der Waals surface area contributed by atoms with Gasteiger partial charge in [0, 0.05) is 25.7 Å². The van der Waals surface area contributed by atoms with Crippen LogP contribution in [0.4, 0.5) is 0 Å². The Labute approximate surface area is 116 Å². The van der Waals surface area contributed by atoms with Crippen LogP contribution in [-0.2, 0) is 9.53 Å². The molecule has 4 heteroatoms. The number of hydrogen-bond donors (Lipinski definition) is 2. The molecule has 2 fully saturated rings. The number of carbonyl (C=O) groups is 1. The van der Waals surface area contributed by atoms with Crippen LogP contribution in [0, 0.1) is 5.92 Å². The van der Waals surface area contributed by atoms with Crippen molar-refractivity contribution in [2.45, 2.75) is 57.4 Å². The summed E-state index contributed by atoms with van der Waals surface area (Å²) in [6, 6.07) is 0.664. The van der Waals surface area contributed by atoms with Gasteiger partial charge in [0.15, 0.2) is 0 Å². The Hall–Kier alpha value is -0.610. The first-order valence-corrected chi connectivity index (χ1v) is 7.95. The molecular formula is C15H28N2O2. The summed E-state index contributed by atoms with van der Waals surface area (Å²) in [5.41, 5.74) is 0. The van der Waals surface area contributed by atoms with Crippen LogP contribution >= 0.6 is 0 Å². The summed E-state index contributed by atoms with van der Waals surface area (Å²) in [5, 5.41) is 6.60. The lowest BCUT2D eigenvalue weighted by Gasteiger charge is -2.22. The summed E-state index contributed by atoms with van der Waals surface area (Å²) in [5.74, 6) is 0.244. The van der Waals surface area contributed by atoms with Crippen molar-refractivity contribution in [2.75, 3.05) is 26.3 Å². The maximum atomic E-state index is 11.9. The van der Waals surface area contributed by atoms with Gasteiger partial charge in [0.05, 0.1) is 12.5 Å². The highest BCUT2D eigenvalue weighted by atomic mass is 16.5. The van der Waals surface area contributed by atoms with Crippen molar-refractivity contribution in [3.8, 4) is 0 Å². The number of nitrogens with one attached hydrogen (secondary N) is 2. The van der Waals surface area contributed by atoms with Gasteiger partial charge in [-0.2, -0.15) is 0 Å². The van der Waals surface area contributed by atoms with Gasteiger partial charge in [-0.3, -0.25) is 4.79 Å². The van der Waals surface area contributed by atoms with Crippen LogP contribution in [0.25, 0.3) is 0 Å². The average molecular weight is 268 g/mol. The first kappa shape index (κ1) is 14.8. The van der Waals surface area contributed by atoms with Gasteiger partial charge >= 0.3 is 0 Å². The molecule has 1 aliphatic heterocycles. The Balaban J connectivity index is 1.54. The molecule has 0 spiro atoms. The van der Waals surface area contributed by atoms with Gasteiger partial charge in [0.2, 0.25) is 5.91 Å². The number of rotatable bonds is 5. The van der Waals surface area contributed by atoms with E-state index < -0.39 is 0 Å². The summed E-state index contributed by atoms with van der Waals surface area (Å²) >= 11 is 0. The number of amides is 1. The topological polar surface area (TPSA) is 50.4 Å². The van der Waals surface area contributed by atoms with Crippen LogP contribution in [0.15, 0.2) is 0 Å². The van der Waals surface area contributed by atoms with E-state index in [2.05, 4.69) is 10.6 Å². The Morgan fingerprint density at radius 3 is 2.47 bits per heavy atom. The van der Waals surface area contributed by atoms with Crippen molar-refractivity contribution in [3.05, 3.63) is 0 Å². The highest BCUT2D eigenvalue weighted by Gasteiger charge is 2.21. The molecule has 2 aliphatic rings. The molecule has 0 aromatic heterocycles. The normalized spacial score (nSPS) is 25.8. The zero-order valence-corrected chi connectivity index (χ0v) is 12.0. The van der Waals surface area contributed by atoms with Gasteiger partial charge in [-0.15, -0.1) is 0 Å². The molecule has 1 amide bonds. The number of carbonyl (C=O) groups excluding carboxylic acids is 1. The largest absolute Gasteiger partial charge is 0.381 e. The first-order valence-electron chi connectivity index (χ1n) is 7.95. The standard InChI is InChI=1S/C15H28N2O2/c18-15(13-6-5-11-19-12-13)17-10-9-16-14-7-3-1-2-4-8-14/h13-14,16H,1-12H2,(H,17,18). The van der Waals surface area contributed by atoms with E-state index >= 15 is 0 Å². The highest BCUT2D eigenvalue weighted by molar-refractivity contribution is 5.78. The zero-order valence-electron chi connectivity index (χ0n) is 12.0. The molecule has 2 rings (SSSR count). The lowest BCUT2D eigenvalue weighted by molar-refractivity contribution is -0.128. The predicted octanol–water partition coefficient (Wildman–Crippen LogP) is 1.84. The van der Waals surface area contributed by atoms with Crippen LogP contribution in [-0.4, -0.2) is 38.3 Å². The molecule has 1 unspecified atom stereocenters. The van der Waals surface area contributed by atoms with E-state index in [1.165, 1.54) is 38.5 Å². The Bertz CT molecular complexity index is 257. The Morgan fingerprint density at radius 2 is 1.79 bits per heavy atom. The van der Waals surface area contributed by atoms with Crippen LogP contribution < -0.4 is 10.6 Å². The van der Waals surface area contributed by atoms with E-state index in [1.54, 1.807) is 0 Å². The van der Waals surface area contributed by atoms with Gasteiger partial charge < -0.3 is 15.4 Å². The van der Waals surface area contributed by atoms with Crippen LogP contribution in [0.3, 0.4) is 0 Å². The van der Waals surface area contributed by atoms with E-state index in [0.717, 1.165) is 32.5 Å². The quantitative estimate of drug-likeness (QED) is 0.591. The van der Waals surface area contributed by atoms with Crippen molar-refractivity contribution in [1.29, 1.82) is 0 Å². The molecule has 0 aromatic rings. The SMILES string of the molecule is O=C(NCCNC1CCCCCC1)C1CCCOC1. The maximum absolute atomic E-state index is 11.9. The van der Waals surface area contributed by atoms with Crippen molar-refractivity contribution >= 4 is 5.91 Å². The predicted molar refractivity (Wildman–Crippen MR) is 76.0 cm³/mol. The van der Waals surface area contributed by atoms with Crippen molar-refractivity contribution < 1.29 is 9.53 Å². The molecule has 0 aromatic carbocycles. The van der Waals surface area contributed by atoms with Gasteiger partial charge in [0.25, 0.3) is 0 Å². The Kier molecular flexibility index (Phi) is 6.65. The molecule has 0 radical (unpaired) electrons. The zero-order chi connectivity index (χ0) is 13.3. The van der Waals surface area contributed by atoms with Gasteiger partial charge in [-0.25, -0.2) is 0 Å². The summed E-state index contributed by atoms with van der Waals surface area (Å²) < 4.78 is 5.34. The lowest BCUT2D eigenvalue weighted by atomic mass is 10.0. The smallest absolute Gasteiger partial charge is 0.225 e. The molecular weight excluding hydrogens is 240 g/mol. The number of ether oxygens (including phenoxy) is 1. The summed E-state index contributed by atoms with van der Waals surface area (Å²) in [4.78, 5) is 11.9. The summed E-state index contributed by atoms with van der Waals surface area (Å²) in [6.07, 6.45) is 10.1. The fourth-order valence-electron chi connectivity index (χ4n) is 3.04. The monoisotopic (exact) mass is 268 g/mol. The molecule has 0 bridgehead atoms. The fraction of sp³-hybridized carbons (Fsp3) is 0.933. The number of hydrogen-bond acceptors (Lipinski definition) is 3. The van der Waals surface area contributed by atoms with E-state index in [-0.39, 0.29) is 11.8 Å². The third-order valence-electron chi connectivity index (χ3n) is 4.24. The average Bonchev–Trinajstić information content (AvgIpc) is 2.73. The van der Waals surface area contributed by atoms with Gasteiger partial charge in [0.1, 0.15) is 0 Å². The highest BCUT2D eigenvalue weighted by Crippen LogP contribution is 2.17. The Morgan fingerprint density at radius 1 is 1.00 bits per heavy atom. The van der Waals surface area contributed by atoms with Crippen LogP contribution in [0.2, 0.25) is 0 Å². The summed E-state index contributed by atoms with van der Waals surface area (Å²) in [7, 11) is 0. The molecule has 1 saturated heterocycles. The first-order chi connectivity index (χ1) is 9.36. The minimum absolute atomic E-state index is 0.0756. The maximum Gasteiger partial charge on any atom is 0.225 e. The van der Waals surface area contributed by atoms with Gasteiger partial charge in [-0.05, 0) is 25.7 Å². The van der Waals surface area contributed by atoms with E-state index in [0.29, 0.717) is 12.6 Å². The minimum atomic E-state index is 0.0756. The molecule has 1 heterocycles. The van der Waals surface area contributed by atoms with Crippen LogP contribution in [0.1, 0.15) is 51.4 Å². The lowest BCUT2D eigenvalue weighted by Crippen LogP contribution is -2.40. The van der Waals surface area contributed by atoms with E-state index in [4.69, 9.17) is 4.74 Å². The van der Waals surface area contributed by atoms with Crippen molar-refractivity contribution in [3.63, 3.8) is 0 Å². The molecule has 1 atom stereocenters. The summed E-state index contributed by atoms with van der Waals surface area (Å²) in [6.45, 7) is 3.05. The second-order valence-corrected chi connectivity index (χ2v) is 5.85. The van der Waals surface area contributed by atoms with E-state index in [1.807, 2.05) is 0 Å². The molecule has 1 saturated carbocycles. The molecule has 110 valence electrons. The van der Waals surface area contributed by atoms with Gasteiger partial charge in [-0.1, -0.05) is 25.7 Å². The third kappa shape index (κ3) is 5.49. The molecule has 1 aliphatic carbocycles. The van der Waals surface area contributed by atoms with Crippen molar-refractivity contribution in [2.24, 2.45) is 5.92 Å².